The number of hydrogen-bond acceptors (Lipinski definition) is 4. The van der Waals surface area contributed by atoms with Gasteiger partial charge in [-0.2, -0.15) is 0 Å². The summed E-state index contributed by atoms with van der Waals surface area (Å²) in [6.07, 6.45) is 1.55. The summed E-state index contributed by atoms with van der Waals surface area (Å²) >= 11 is 5.00. The standard InChI is InChI=1S/C17H27NO3S/c1-5-19-14-9-8-13(10-12(4)11-15(18)22)16(20-6-2)17(14)21-7-3/h8-9,12H,5-7,10-11H2,1-4H3,(H2,18,22). The van der Waals surface area contributed by atoms with E-state index in [0.717, 1.165) is 29.9 Å². The smallest absolute Gasteiger partial charge is 0.203 e. The molecular weight excluding hydrogens is 298 g/mol. The highest BCUT2D eigenvalue weighted by Gasteiger charge is 2.19. The molecule has 0 aliphatic carbocycles. The van der Waals surface area contributed by atoms with Gasteiger partial charge < -0.3 is 19.9 Å². The van der Waals surface area contributed by atoms with Crippen LogP contribution in [0.3, 0.4) is 0 Å². The minimum atomic E-state index is 0.351. The Balaban J connectivity index is 3.14. The van der Waals surface area contributed by atoms with Crippen molar-refractivity contribution in [2.45, 2.75) is 40.5 Å². The Labute approximate surface area is 138 Å². The maximum absolute atomic E-state index is 5.84. The van der Waals surface area contributed by atoms with E-state index in [9.17, 15) is 0 Å². The van der Waals surface area contributed by atoms with Crippen LogP contribution in [0.2, 0.25) is 0 Å². The van der Waals surface area contributed by atoms with Crippen molar-refractivity contribution >= 4 is 17.2 Å². The lowest BCUT2D eigenvalue weighted by molar-refractivity contribution is 0.258. The van der Waals surface area contributed by atoms with Gasteiger partial charge in [0.2, 0.25) is 5.75 Å². The van der Waals surface area contributed by atoms with Crippen LogP contribution in [0, 0.1) is 5.92 Å². The van der Waals surface area contributed by atoms with Gasteiger partial charge in [0.1, 0.15) is 0 Å². The van der Waals surface area contributed by atoms with Crippen LogP contribution in [-0.4, -0.2) is 24.8 Å². The number of thiocarbonyl (C=S) groups is 1. The molecule has 0 aliphatic rings. The van der Waals surface area contributed by atoms with Gasteiger partial charge in [-0.05, 0) is 44.7 Å². The van der Waals surface area contributed by atoms with Crippen molar-refractivity contribution < 1.29 is 14.2 Å². The van der Waals surface area contributed by atoms with Gasteiger partial charge in [-0.3, -0.25) is 0 Å². The van der Waals surface area contributed by atoms with Gasteiger partial charge in [-0.25, -0.2) is 0 Å². The zero-order chi connectivity index (χ0) is 16.5. The van der Waals surface area contributed by atoms with E-state index in [2.05, 4.69) is 6.92 Å². The SMILES string of the molecule is CCOc1ccc(CC(C)CC(N)=S)c(OCC)c1OCC. The monoisotopic (exact) mass is 325 g/mol. The minimum absolute atomic E-state index is 0.351. The molecule has 0 saturated heterocycles. The van der Waals surface area contributed by atoms with E-state index in [1.165, 1.54) is 0 Å². The number of hydrogen-bond donors (Lipinski definition) is 1. The summed E-state index contributed by atoms with van der Waals surface area (Å²) in [5.41, 5.74) is 6.74. The highest BCUT2D eigenvalue weighted by atomic mass is 32.1. The lowest BCUT2D eigenvalue weighted by atomic mass is 9.97. The van der Waals surface area contributed by atoms with Gasteiger partial charge in [-0.15, -0.1) is 0 Å². The zero-order valence-corrected chi connectivity index (χ0v) is 14.8. The Morgan fingerprint density at radius 1 is 1.05 bits per heavy atom. The lowest BCUT2D eigenvalue weighted by Crippen LogP contribution is -2.14. The highest BCUT2D eigenvalue weighted by Crippen LogP contribution is 2.41. The highest BCUT2D eigenvalue weighted by molar-refractivity contribution is 7.80. The molecule has 2 N–H and O–H groups in total. The fourth-order valence-electron chi connectivity index (χ4n) is 2.39. The maximum atomic E-state index is 5.84. The predicted molar refractivity (Wildman–Crippen MR) is 94.2 cm³/mol. The van der Waals surface area contributed by atoms with E-state index in [1.54, 1.807) is 0 Å². The first-order valence-electron chi connectivity index (χ1n) is 7.85. The Kier molecular flexibility index (Phi) is 8.02. The van der Waals surface area contributed by atoms with E-state index in [4.69, 9.17) is 32.2 Å². The topological polar surface area (TPSA) is 53.7 Å². The van der Waals surface area contributed by atoms with Gasteiger partial charge in [0.15, 0.2) is 11.5 Å². The second kappa shape index (κ2) is 9.51. The molecule has 0 saturated carbocycles. The first-order valence-corrected chi connectivity index (χ1v) is 8.26. The van der Waals surface area contributed by atoms with E-state index in [0.29, 0.717) is 36.5 Å². The van der Waals surface area contributed by atoms with Crippen molar-refractivity contribution in [3.63, 3.8) is 0 Å². The second-order valence-corrected chi connectivity index (χ2v) is 5.68. The zero-order valence-electron chi connectivity index (χ0n) is 14.0. The van der Waals surface area contributed by atoms with Gasteiger partial charge in [0, 0.05) is 6.42 Å². The molecule has 0 spiro atoms. The second-order valence-electron chi connectivity index (χ2n) is 5.16. The molecule has 0 amide bonds. The van der Waals surface area contributed by atoms with E-state index in [-0.39, 0.29) is 0 Å². The summed E-state index contributed by atoms with van der Waals surface area (Å²) in [6.45, 7) is 9.72. The fourth-order valence-corrected chi connectivity index (χ4v) is 2.67. The Bertz CT molecular complexity index is 491. The summed E-state index contributed by atoms with van der Waals surface area (Å²) in [6, 6.07) is 3.98. The summed E-state index contributed by atoms with van der Waals surface area (Å²) in [5, 5.41) is 0. The average molecular weight is 325 g/mol. The molecule has 1 aromatic rings. The summed E-state index contributed by atoms with van der Waals surface area (Å²) in [4.78, 5) is 0.543. The van der Waals surface area contributed by atoms with Crippen LogP contribution in [-0.2, 0) is 6.42 Å². The van der Waals surface area contributed by atoms with Crippen LogP contribution in [0.5, 0.6) is 17.2 Å². The summed E-state index contributed by atoms with van der Waals surface area (Å²) in [5.74, 6) is 2.53. The first-order chi connectivity index (χ1) is 10.5. The largest absolute Gasteiger partial charge is 0.490 e. The third-order valence-electron chi connectivity index (χ3n) is 3.15. The molecule has 22 heavy (non-hydrogen) atoms. The Hall–Kier alpha value is -1.49. The fraction of sp³-hybridized carbons (Fsp3) is 0.588. The van der Waals surface area contributed by atoms with Crippen molar-refractivity contribution in [2.75, 3.05) is 19.8 Å². The summed E-state index contributed by atoms with van der Waals surface area (Å²) < 4.78 is 17.3. The molecule has 0 aromatic heterocycles. The third-order valence-corrected chi connectivity index (χ3v) is 3.32. The third kappa shape index (κ3) is 5.37. The molecule has 0 radical (unpaired) electrons. The van der Waals surface area contributed by atoms with Gasteiger partial charge >= 0.3 is 0 Å². The molecule has 0 heterocycles. The van der Waals surface area contributed by atoms with Crippen molar-refractivity contribution in [2.24, 2.45) is 11.7 Å². The van der Waals surface area contributed by atoms with Crippen LogP contribution in [0.4, 0.5) is 0 Å². The minimum Gasteiger partial charge on any atom is -0.490 e. The normalized spacial score (nSPS) is 11.8. The molecule has 1 atom stereocenters. The van der Waals surface area contributed by atoms with E-state index < -0.39 is 0 Å². The van der Waals surface area contributed by atoms with Gasteiger partial charge in [0.25, 0.3) is 0 Å². The molecule has 1 unspecified atom stereocenters. The van der Waals surface area contributed by atoms with Crippen LogP contribution in [0.15, 0.2) is 12.1 Å². The van der Waals surface area contributed by atoms with Crippen LogP contribution in [0.25, 0.3) is 0 Å². The maximum Gasteiger partial charge on any atom is 0.203 e. The molecule has 0 bridgehead atoms. The molecule has 124 valence electrons. The van der Waals surface area contributed by atoms with E-state index >= 15 is 0 Å². The van der Waals surface area contributed by atoms with Crippen molar-refractivity contribution in [3.05, 3.63) is 17.7 Å². The number of rotatable bonds is 10. The summed E-state index contributed by atoms with van der Waals surface area (Å²) in [7, 11) is 0. The number of nitrogens with two attached hydrogens (primary N) is 1. The predicted octanol–water partition coefficient (Wildman–Crippen LogP) is 3.74. The molecular formula is C17H27NO3S. The van der Waals surface area contributed by atoms with Crippen molar-refractivity contribution in [1.29, 1.82) is 0 Å². The Morgan fingerprint density at radius 3 is 2.18 bits per heavy atom. The van der Waals surface area contributed by atoms with Gasteiger partial charge in [0.05, 0.1) is 24.8 Å². The molecule has 0 fully saturated rings. The average Bonchev–Trinajstić information content (AvgIpc) is 2.44. The quantitative estimate of drug-likeness (QED) is 0.664. The van der Waals surface area contributed by atoms with E-state index in [1.807, 2.05) is 32.9 Å². The first kappa shape index (κ1) is 18.6. The molecule has 4 nitrogen and oxygen atoms in total. The lowest BCUT2D eigenvalue weighted by Gasteiger charge is -2.20. The Morgan fingerprint density at radius 2 is 1.64 bits per heavy atom. The number of ether oxygens (including phenoxy) is 3. The molecule has 5 heteroatoms. The molecule has 0 aliphatic heterocycles. The van der Waals surface area contributed by atoms with Crippen molar-refractivity contribution in [3.8, 4) is 17.2 Å². The van der Waals surface area contributed by atoms with Crippen LogP contribution >= 0.6 is 12.2 Å². The molecule has 1 rings (SSSR count). The molecule has 1 aromatic carbocycles. The number of benzene rings is 1. The van der Waals surface area contributed by atoms with Crippen LogP contribution < -0.4 is 19.9 Å². The van der Waals surface area contributed by atoms with Crippen LogP contribution in [0.1, 0.15) is 39.7 Å². The van der Waals surface area contributed by atoms with Crippen molar-refractivity contribution in [1.82, 2.24) is 0 Å². The van der Waals surface area contributed by atoms with Gasteiger partial charge in [-0.1, -0.05) is 25.2 Å².